The third kappa shape index (κ3) is 3.81. The van der Waals surface area contributed by atoms with Crippen molar-refractivity contribution in [2.75, 3.05) is 18.4 Å². The van der Waals surface area contributed by atoms with E-state index >= 15 is 0 Å². The van der Waals surface area contributed by atoms with Gasteiger partial charge in [-0.3, -0.25) is 9.48 Å². The summed E-state index contributed by atoms with van der Waals surface area (Å²) < 4.78 is 1.78. The molecule has 6 nitrogen and oxygen atoms in total. The van der Waals surface area contributed by atoms with E-state index in [0.29, 0.717) is 18.7 Å². The quantitative estimate of drug-likeness (QED) is 0.835. The monoisotopic (exact) mass is 273 g/mol. The fourth-order valence-electron chi connectivity index (χ4n) is 1.89. The minimum atomic E-state index is -0.0955. The number of aromatic nitrogens is 3. The third-order valence-electron chi connectivity index (χ3n) is 2.76. The molecule has 0 saturated heterocycles. The molecule has 1 amide bonds. The summed E-state index contributed by atoms with van der Waals surface area (Å²) in [4.78, 5) is 16.4. The second-order valence-electron chi connectivity index (χ2n) is 4.44. The molecule has 20 heavy (non-hydrogen) atoms. The second kappa shape index (κ2) is 6.70. The van der Waals surface area contributed by atoms with E-state index in [4.69, 9.17) is 0 Å². The summed E-state index contributed by atoms with van der Waals surface area (Å²) in [6.45, 7) is 5.84. The zero-order valence-corrected chi connectivity index (χ0v) is 11.8. The highest BCUT2D eigenvalue weighted by molar-refractivity contribution is 5.94. The number of hydrogen-bond donors (Lipinski definition) is 2. The Kier molecular flexibility index (Phi) is 4.70. The van der Waals surface area contributed by atoms with Crippen LogP contribution in [0.15, 0.2) is 30.6 Å². The van der Waals surface area contributed by atoms with Crippen LogP contribution in [-0.2, 0) is 6.54 Å². The molecule has 0 saturated carbocycles. The molecule has 2 N–H and O–H groups in total. The first-order valence-electron chi connectivity index (χ1n) is 6.67. The summed E-state index contributed by atoms with van der Waals surface area (Å²) in [6.07, 6.45) is 3.59. The molecule has 2 aromatic heterocycles. The average Bonchev–Trinajstić information content (AvgIpc) is 2.91. The van der Waals surface area contributed by atoms with Gasteiger partial charge in [0.15, 0.2) is 0 Å². The highest BCUT2D eigenvalue weighted by Crippen LogP contribution is 2.09. The first-order chi connectivity index (χ1) is 9.69. The van der Waals surface area contributed by atoms with Gasteiger partial charge in [-0.25, -0.2) is 4.98 Å². The van der Waals surface area contributed by atoms with Crippen molar-refractivity contribution in [1.82, 2.24) is 20.1 Å². The van der Waals surface area contributed by atoms with Gasteiger partial charge in [-0.05, 0) is 32.0 Å². The number of anilines is 1. The summed E-state index contributed by atoms with van der Waals surface area (Å²) in [5, 5.41) is 10.1. The molecule has 0 radical (unpaired) electrons. The second-order valence-corrected chi connectivity index (χ2v) is 4.44. The normalized spacial score (nSPS) is 10.3. The maximum Gasteiger partial charge on any atom is 0.251 e. The van der Waals surface area contributed by atoms with Crippen LogP contribution in [-0.4, -0.2) is 33.8 Å². The van der Waals surface area contributed by atoms with Gasteiger partial charge in [0.05, 0.1) is 6.54 Å². The Morgan fingerprint density at radius 3 is 2.95 bits per heavy atom. The van der Waals surface area contributed by atoms with Crippen LogP contribution < -0.4 is 10.6 Å². The molecule has 0 bridgehead atoms. The van der Waals surface area contributed by atoms with Crippen LogP contribution in [0.3, 0.4) is 0 Å². The van der Waals surface area contributed by atoms with Crippen LogP contribution >= 0.6 is 0 Å². The Bertz CT molecular complexity index is 565. The molecule has 0 unspecified atom stereocenters. The number of hydrogen-bond acceptors (Lipinski definition) is 4. The minimum absolute atomic E-state index is 0.0955. The van der Waals surface area contributed by atoms with Crippen LogP contribution in [0.2, 0.25) is 0 Å². The first kappa shape index (κ1) is 14.0. The van der Waals surface area contributed by atoms with Crippen LogP contribution in [0.25, 0.3) is 0 Å². The minimum Gasteiger partial charge on any atom is -0.370 e. The molecule has 0 aliphatic rings. The van der Waals surface area contributed by atoms with Crippen molar-refractivity contribution in [3.05, 3.63) is 41.9 Å². The molecule has 0 aliphatic carbocycles. The Labute approximate surface area is 118 Å². The van der Waals surface area contributed by atoms with Crippen molar-refractivity contribution in [3.63, 3.8) is 0 Å². The van der Waals surface area contributed by atoms with Gasteiger partial charge in [-0.1, -0.05) is 0 Å². The number of nitrogens with one attached hydrogen (secondary N) is 2. The molecule has 0 spiro atoms. The van der Waals surface area contributed by atoms with Crippen molar-refractivity contribution in [2.24, 2.45) is 0 Å². The highest BCUT2D eigenvalue weighted by atomic mass is 16.1. The van der Waals surface area contributed by atoms with Gasteiger partial charge >= 0.3 is 0 Å². The number of aryl methyl sites for hydroxylation is 1. The van der Waals surface area contributed by atoms with Crippen molar-refractivity contribution in [1.29, 1.82) is 0 Å². The van der Waals surface area contributed by atoms with E-state index in [1.54, 1.807) is 23.0 Å². The van der Waals surface area contributed by atoms with Crippen molar-refractivity contribution in [3.8, 4) is 0 Å². The predicted octanol–water partition coefficient (Wildman–Crippen LogP) is 1.45. The van der Waals surface area contributed by atoms with Crippen LogP contribution in [0, 0.1) is 6.92 Å². The SMILES string of the molecule is CCNc1cc(C(=O)NCCn2cccn2)cc(C)n1. The number of pyridine rings is 1. The predicted molar refractivity (Wildman–Crippen MR) is 77.7 cm³/mol. The number of rotatable bonds is 6. The molecule has 0 aliphatic heterocycles. The molecule has 2 aromatic rings. The van der Waals surface area contributed by atoms with Crippen LogP contribution in [0.4, 0.5) is 5.82 Å². The topological polar surface area (TPSA) is 71.8 Å². The van der Waals surface area contributed by atoms with Gasteiger partial charge in [0.2, 0.25) is 0 Å². The Hall–Kier alpha value is -2.37. The van der Waals surface area contributed by atoms with E-state index < -0.39 is 0 Å². The van der Waals surface area contributed by atoms with E-state index in [9.17, 15) is 4.79 Å². The lowest BCUT2D eigenvalue weighted by atomic mass is 10.2. The zero-order valence-electron chi connectivity index (χ0n) is 11.8. The van der Waals surface area contributed by atoms with Gasteiger partial charge in [0, 0.05) is 36.7 Å². The van der Waals surface area contributed by atoms with E-state index in [-0.39, 0.29) is 5.91 Å². The lowest BCUT2D eigenvalue weighted by molar-refractivity contribution is 0.0951. The number of nitrogens with zero attached hydrogens (tertiary/aromatic N) is 3. The molecule has 2 heterocycles. The third-order valence-corrected chi connectivity index (χ3v) is 2.76. The number of carbonyl (C=O) groups is 1. The summed E-state index contributed by atoms with van der Waals surface area (Å²) in [5.41, 5.74) is 1.44. The van der Waals surface area contributed by atoms with E-state index in [0.717, 1.165) is 18.1 Å². The Morgan fingerprint density at radius 1 is 1.40 bits per heavy atom. The van der Waals surface area contributed by atoms with Crippen molar-refractivity contribution < 1.29 is 4.79 Å². The molecule has 6 heteroatoms. The smallest absolute Gasteiger partial charge is 0.251 e. The number of carbonyl (C=O) groups excluding carboxylic acids is 1. The summed E-state index contributed by atoms with van der Waals surface area (Å²) in [5.74, 6) is 0.631. The van der Waals surface area contributed by atoms with E-state index in [1.165, 1.54) is 0 Å². The van der Waals surface area contributed by atoms with Crippen LogP contribution in [0.5, 0.6) is 0 Å². The number of amides is 1. The summed E-state index contributed by atoms with van der Waals surface area (Å²) >= 11 is 0. The maximum absolute atomic E-state index is 12.1. The summed E-state index contributed by atoms with van der Waals surface area (Å²) in [7, 11) is 0. The molecule has 2 rings (SSSR count). The average molecular weight is 273 g/mol. The van der Waals surface area contributed by atoms with Crippen LogP contribution in [0.1, 0.15) is 23.0 Å². The lowest BCUT2D eigenvalue weighted by Gasteiger charge is -2.09. The van der Waals surface area contributed by atoms with Gasteiger partial charge in [0.1, 0.15) is 5.82 Å². The fourth-order valence-corrected chi connectivity index (χ4v) is 1.89. The van der Waals surface area contributed by atoms with Gasteiger partial charge in [-0.15, -0.1) is 0 Å². The standard InChI is InChI=1S/C14H19N5O/c1-3-15-13-10-12(9-11(2)18-13)14(20)16-6-8-19-7-4-5-17-19/h4-5,7,9-10H,3,6,8H2,1-2H3,(H,15,18)(H,16,20). The molecular formula is C14H19N5O. The molecule has 0 aromatic carbocycles. The lowest BCUT2D eigenvalue weighted by Crippen LogP contribution is -2.27. The van der Waals surface area contributed by atoms with E-state index in [2.05, 4.69) is 20.7 Å². The highest BCUT2D eigenvalue weighted by Gasteiger charge is 2.08. The molecular weight excluding hydrogens is 254 g/mol. The van der Waals surface area contributed by atoms with Gasteiger partial charge in [0.25, 0.3) is 5.91 Å². The van der Waals surface area contributed by atoms with Gasteiger partial charge in [-0.2, -0.15) is 5.10 Å². The van der Waals surface area contributed by atoms with E-state index in [1.807, 2.05) is 26.1 Å². The molecule has 106 valence electrons. The van der Waals surface area contributed by atoms with Gasteiger partial charge < -0.3 is 10.6 Å². The first-order valence-corrected chi connectivity index (χ1v) is 6.67. The molecule has 0 fully saturated rings. The Morgan fingerprint density at radius 2 is 2.25 bits per heavy atom. The molecule has 0 atom stereocenters. The Balaban J connectivity index is 1.94. The zero-order chi connectivity index (χ0) is 14.4. The fraction of sp³-hybridized carbons (Fsp3) is 0.357. The maximum atomic E-state index is 12.1. The van der Waals surface area contributed by atoms with Crippen molar-refractivity contribution >= 4 is 11.7 Å². The van der Waals surface area contributed by atoms with Crippen molar-refractivity contribution in [2.45, 2.75) is 20.4 Å². The summed E-state index contributed by atoms with van der Waals surface area (Å²) in [6, 6.07) is 5.40. The largest absolute Gasteiger partial charge is 0.370 e.